The van der Waals surface area contributed by atoms with Gasteiger partial charge >= 0.3 is 0 Å². The van der Waals surface area contributed by atoms with E-state index in [1.807, 2.05) is 0 Å². The summed E-state index contributed by atoms with van der Waals surface area (Å²) in [6.07, 6.45) is 4.30. The van der Waals surface area contributed by atoms with Gasteiger partial charge in [-0.2, -0.15) is 0 Å². The van der Waals surface area contributed by atoms with E-state index in [4.69, 9.17) is 10.5 Å². The van der Waals surface area contributed by atoms with E-state index in [9.17, 15) is 0 Å². The molecule has 0 aromatic carbocycles. The Morgan fingerprint density at radius 1 is 1.71 bits per heavy atom. The van der Waals surface area contributed by atoms with Crippen molar-refractivity contribution < 1.29 is 4.74 Å². The number of nitrogen functional groups attached to an aromatic ring is 1. The third kappa shape index (κ3) is 2.59. The van der Waals surface area contributed by atoms with Gasteiger partial charge in [-0.15, -0.1) is 0 Å². The minimum atomic E-state index is 0.673. The summed E-state index contributed by atoms with van der Waals surface area (Å²) < 4.78 is 5.46. The summed E-state index contributed by atoms with van der Waals surface area (Å²) in [4.78, 5) is 6.36. The van der Waals surface area contributed by atoms with E-state index in [1.54, 1.807) is 6.20 Å². The van der Waals surface area contributed by atoms with Gasteiger partial charge in [0.1, 0.15) is 11.6 Å². The van der Waals surface area contributed by atoms with Crippen LogP contribution in [0.2, 0.25) is 0 Å². The van der Waals surface area contributed by atoms with Crippen molar-refractivity contribution >= 4 is 16.3 Å². The van der Waals surface area contributed by atoms with Gasteiger partial charge in [0.2, 0.25) is 0 Å². The van der Waals surface area contributed by atoms with Crippen molar-refractivity contribution in [2.45, 2.75) is 18.9 Å². The Morgan fingerprint density at radius 2 is 2.50 bits per heavy atom. The molecule has 1 fully saturated rings. The third-order valence-corrected chi connectivity index (χ3v) is 3.08. The zero-order valence-electron chi connectivity index (χ0n) is 8.27. The molecule has 0 aliphatic heterocycles. The molecular formula is C9H15N3OS. The SMILES string of the molecule is CN(CCOc1ncc(N)s1)C1CC1. The van der Waals surface area contributed by atoms with Crippen LogP contribution < -0.4 is 10.5 Å². The zero-order valence-corrected chi connectivity index (χ0v) is 9.09. The number of likely N-dealkylation sites (N-methyl/N-ethyl adjacent to an activating group) is 1. The lowest BCUT2D eigenvalue weighted by Crippen LogP contribution is -2.26. The Labute approximate surface area is 87.7 Å². The molecule has 0 radical (unpaired) electrons. The molecule has 0 spiro atoms. The quantitative estimate of drug-likeness (QED) is 0.798. The summed E-state index contributed by atoms with van der Waals surface area (Å²) in [5.41, 5.74) is 5.53. The van der Waals surface area contributed by atoms with Crippen molar-refractivity contribution in [2.75, 3.05) is 25.9 Å². The van der Waals surface area contributed by atoms with Crippen molar-refractivity contribution in [1.29, 1.82) is 0 Å². The van der Waals surface area contributed by atoms with E-state index in [1.165, 1.54) is 24.2 Å². The minimum absolute atomic E-state index is 0.673. The predicted molar refractivity (Wildman–Crippen MR) is 57.7 cm³/mol. The number of aromatic nitrogens is 1. The predicted octanol–water partition coefficient (Wildman–Crippen LogP) is 1.20. The van der Waals surface area contributed by atoms with Gasteiger partial charge in [-0.3, -0.25) is 0 Å². The molecule has 1 saturated carbocycles. The van der Waals surface area contributed by atoms with Gasteiger partial charge in [0, 0.05) is 12.6 Å². The molecule has 2 rings (SSSR count). The molecule has 4 nitrogen and oxygen atoms in total. The fraction of sp³-hybridized carbons (Fsp3) is 0.667. The molecule has 0 atom stereocenters. The number of nitrogens with two attached hydrogens (primary N) is 1. The van der Waals surface area contributed by atoms with Crippen LogP contribution in [0.5, 0.6) is 5.19 Å². The van der Waals surface area contributed by atoms with Crippen LogP contribution in [0.25, 0.3) is 0 Å². The average Bonchev–Trinajstić information content (AvgIpc) is 2.92. The molecule has 1 aliphatic rings. The molecule has 78 valence electrons. The molecule has 2 N–H and O–H groups in total. The molecular weight excluding hydrogens is 198 g/mol. The molecule has 1 aromatic heterocycles. The van der Waals surface area contributed by atoms with Crippen LogP contribution >= 0.6 is 11.3 Å². The Kier molecular flexibility index (Phi) is 2.88. The second-order valence-corrected chi connectivity index (χ2v) is 4.61. The van der Waals surface area contributed by atoms with Gasteiger partial charge in [0.15, 0.2) is 0 Å². The number of ether oxygens (including phenoxy) is 1. The lowest BCUT2D eigenvalue weighted by Gasteiger charge is -2.14. The molecule has 5 heteroatoms. The van der Waals surface area contributed by atoms with Gasteiger partial charge < -0.3 is 15.4 Å². The number of hydrogen-bond donors (Lipinski definition) is 1. The van der Waals surface area contributed by atoms with Crippen molar-refractivity contribution in [3.8, 4) is 5.19 Å². The highest BCUT2D eigenvalue weighted by Gasteiger charge is 2.25. The number of rotatable bonds is 5. The summed E-state index contributed by atoms with van der Waals surface area (Å²) in [5, 5.41) is 1.38. The average molecular weight is 213 g/mol. The van der Waals surface area contributed by atoms with Gasteiger partial charge in [-0.1, -0.05) is 11.3 Å². The summed E-state index contributed by atoms with van der Waals surface area (Å²) in [6.45, 7) is 1.66. The normalized spacial score (nSPS) is 16.1. The Morgan fingerprint density at radius 3 is 3.07 bits per heavy atom. The summed E-state index contributed by atoms with van der Waals surface area (Å²) in [6, 6.07) is 0.792. The van der Waals surface area contributed by atoms with Crippen LogP contribution in [-0.2, 0) is 0 Å². The van der Waals surface area contributed by atoms with E-state index < -0.39 is 0 Å². The standard InChI is InChI=1S/C9H15N3OS/c1-12(7-2-3-7)4-5-13-9-11-6-8(10)14-9/h6-7H,2-5,10H2,1H3. The topological polar surface area (TPSA) is 51.4 Å². The second-order valence-electron chi connectivity index (χ2n) is 3.59. The molecule has 1 heterocycles. The highest BCUT2D eigenvalue weighted by Crippen LogP contribution is 2.25. The highest BCUT2D eigenvalue weighted by molar-refractivity contribution is 7.17. The first-order chi connectivity index (χ1) is 6.75. The Bertz CT molecular complexity index is 298. The van der Waals surface area contributed by atoms with E-state index in [2.05, 4.69) is 16.9 Å². The maximum Gasteiger partial charge on any atom is 0.275 e. The summed E-state index contributed by atoms with van der Waals surface area (Å²) >= 11 is 1.39. The maximum atomic E-state index is 5.53. The summed E-state index contributed by atoms with van der Waals surface area (Å²) in [7, 11) is 2.14. The maximum absolute atomic E-state index is 5.53. The number of anilines is 1. The van der Waals surface area contributed by atoms with Crippen LogP contribution in [0.4, 0.5) is 5.00 Å². The first-order valence-corrected chi connectivity index (χ1v) is 5.61. The lowest BCUT2D eigenvalue weighted by molar-refractivity contribution is 0.231. The molecule has 1 aromatic rings. The van der Waals surface area contributed by atoms with E-state index >= 15 is 0 Å². The fourth-order valence-corrected chi connectivity index (χ4v) is 1.87. The summed E-state index contributed by atoms with van der Waals surface area (Å²) in [5.74, 6) is 0. The first-order valence-electron chi connectivity index (χ1n) is 4.80. The Balaban J connectivity index is 1.67. The number of hydrogen-bond acceptors (Lipinski definition) is 5. The first kappa shape index (κ1) is 9.73. The molecule has 0 amide bonds. The largest absolute Gasteiger partial charge is 0.469 e. The van der Waals surface area contributed by atoms with Crippen LogP contribution in [0.1, 0.15) is 12.8 Å². The van der Waals surface area contributed by atoms with Gasteiger partial charge in [-0.05, 0) is 19.9 Å². The van der Waals surface area contributed by atoms with Crippen LogP contribution in [-0.4, -0.2) is 36.1 Å². The third-order valence-electron chi connectivity index (χ3n) is 2.34. The van der Waals surface area contributed by atoms with Gasteiger partial charge in [0.05, 0.1) is 6.20 Å². The van der Waals surface area contributed by atoms with Crippen molar-refractivity contribution in [3.63, 3.8) is 0 Å². The van der Waals surface area contributed by atoms with Crippen molar-refractivity contribution in [2.24, 2.45) is 0 Å². The number of nitrogens with zero attached hydrogens (tertiary/aromatic N) is 2. The number of thiazole rings is 1. The minimum Gasteiger partial charge on any atom is -0.469 e. The fourth-order valence-electron chi connectivity index (χ4n) is 1.31. The van der Waals surface area contributed by atoms with Gasteiger partial charge in [-0.25, -0.2) is 4.98 Å². The smallest absolute Gasteiger partial charge is 0.275 e. The highest BCUT2D eigenvalue weighted by atomic mass is 32.1. The van der Waals surface area contributed by atoms with Crippen molar-refractivity contribution in [1.82, 2.24) is 9.88 Å². The van der Waals surface area contributed by atoms with Crippen LogP contribution in [0.15, 0.2) is 6.20 Å². The zero-order chi connectivity index (χ0) is 9.97. The van der Waals surface area contributed by atoms with Crippen LogP contribution in [0, 0.1) is 0 Å². The van der Waals surface area contributed by atoms with E-state index in [-0.39, 0.29) is 0 Å². The lowest BCUT2D eigenvalue weighted by atomic mass is 10.5. The monoisotopic (exact) mass is 213 g/mol. The van der Waals surface area contributed by atoms with E-state index in [0.717, 1.165) is 12.6 Å². The molecule has 1 aliphatic carbocycles. The second kappa shape index (κ2) is 4.14. The molecule has 0 saturated heterocycles. The molecule has 14 heavy (non-hydrogen) atoms. The molecule has 0 bridgehead atoms. The Hall–Kier alpha value is -0.810. The van der Waals surface area contributed by atoms with Gasteiger partial charge in [0.25, 0.3) is 5.19 Å². The van der Waals surface area contributed by atoms with Crippen LogP contribution in [0.3, 0.4) is 0 Å². The molecule has 0 unspecified atom stereocenters. The van der Waals surface area contributed by atoms with E-state index in [0.29, 0.717) is 16.8 Å². The van der Waals surface area contributed by atoms with Crippen molar-refractivity contribution in [3.05, 3.63) is 6.20 Å².